The van der Waals surface area contributed by atoms with Crippen LogP contribution in [-0.2, 0) is 70.6 Å². The Bertz CT molecular complexity index is 1260. The number of nitrogens with one attached hydrogen (secondary N) is 3. The van der Waals surface area contributed by atoms with Crippen LogP contribution in [-0.4, -0.2) is 84.8 Å². The van der Waals surface area contributed by atoms with Gasteiger partial charge in [-0.05, 0) is 36.0 Å². The standard InChI is InChI=1S/C12H21N3O3.C12H23N3O2.C7H11N3O.2H2O/c1-4-10-12(14-16)11(5-2)15(13-10)6-7-18-9-8-17-3;1-4-10-12(13)11(5-2)15(14-10)6-7-17-9-8-16-3;1-3-5-7(10-11)6(4-2)9-8-5;;/h4-9H2,1-3H3;4-9,13H2,1-3H3;3-4H2,1-2H3,(H,8,9);2*1H2. The van der Waals surface area contributed by atoms with Crippen LogP contribution >= 0.6 is 0 Å². The summed E-state index contributed by atoms with van der Waals surface area (Å²) in [5.41, 5.74) is 13.7. The molecule has 0 aliphatic carbocycles. The minimum absolute atomic E-state index is 0. The van der Waals surface area contributed by atoms with Gasteiger partial charge in [-0.15, -0.1) is 19.6 Å². The molecule has 48 heavy (non-hydrogen) atoms. The maximum atomic E-state index is 10.9. The summed E-state index contributed by atoms with van der Waals surface area (Å²) in [5.74, 6) is 0. The summed E-state index contributed by atoms with van der Waals surface area (Å²) >= 11 is 0. The van der Waals surface area contributed by atoms with E-state index in [0.29, 0.717) is 57.6 Å². The third-order valence-corrected chi connectivity index (χ3v) is 7.28. The number of hydrogen-bond acceptors (Lipinski definition) is 12. The Kier molecular flexibility index (Phi) is 26.5. The first-order valence-electron chi connectivity index (χ1n) is 16.2. The van der Waals surface area contributed by atoms with E-state index in [-0.39, 0.29) is 11.0 Å². The number of anilines is 1. The van der Waals surface area contributed by atoms with E-state index in [1.165, 1.54) is 0 Å². The Labute approximate surface area is 283 Å². The number of nitroso groups, excluding NO2 is 2. The Hall–Kier alpha value is -3.61. The molecule has 0 aromatic carbocycles. The van der Waals surface area contributed by atoms with E-state index in [2.05, 4.69) is 44.6 Å². The van der Waals surface area contributed by atoms with Gasteiger partial charge in [0.2, 0.25) is 22.8 Å². The summed E-state index contributed by atoms with van der Waals surface area (Å²) in [4.78, 5) is 21.2. The van der Waals surface area contributed by atoms with Gasteiger partial charge in [0.05, 0.1) is 56.7 Å². The summed E-state index contributed by atoms with van der Waals surface area (Å²) in [5, 5.41) is 19.6. The third kappa shape index (κ3) is 14.2. The van der Waals surface area contributed by atoms with Crippen molar-refractivity contribution in [1.29, 1.82) is 0 Å². The van der Waals surface area contributed by atoms with Gasteiger partial charge in [-0.1, -0.05) is 41.5 Å². The Morgan fingerprint density at radius 3 is 1.85 bits per heavy atom. The second-order valence-electron chi connectivity index (χ2n) is 10.1. The number of aromatic nitrogens is 6. The molecule has 0 spiro atoms. The molecule has 0 atom stereocenters. The highest BCUT2D eigenvalue weighted by molar-refractivity contribution is 5.48. The van der Waals surface area contributed by atoms with Gasteiger partial charge in [-0.25, -0.2) is 0 Å². The normalized spacial score (nSPS) is 10.2. The molecule has 3 aromatic rings. The third-order valence-electron chi connectivity index (χ3n) is 7.28. The Morgan fingerprint density at radius 1 is 0.771 bits per heavy atom. The lowest BCUT2D eigenvalue weighted by Gasteiger charge is -2.07. The number of rotatable bonds is 20. The quantitative estimate of drug-likeness (QED) is 0.0882. The number of aromatic amines is 3. The molecular formula is C31H59N9O8. The molecular weight excluding hydrogens is 626 g/mol. The highest BCUT2D eigenvalue weighted by Gasteiger charge is 2.23. The molecule has 7 N–H and O–H groups in total. The van der Waals surface area contributed by atoms with E-state index in [1.54, 1.807) is 14.2 Å². The number of methoxy groups -OCH3 is 2. The molecule has 17 heteroatoms. The highest BCUT2D eigenvalue weighted by Crippen LogP contribution is 2.22. The second kappa shape index (κ2) is 27.4. The molecule has 0 aliphatic heterocycles. The van der Waals surface area contributed by atoms with Crippen LogP contribution in [0, 0.1) is 9.81 Å². The number of aryl methyl sites for hydroxylation is 4. The van der Waals surface area contributed by atoms with Crippen LogP contribution in [0.1, 0.15) is 75.7 Å². The maximum Gasteiger partial charge on any atom is 0.236 e. The molecule has 17 nitrogen and oxygen atoms in total. The second-order valence-corrected chi connectivity index (χ2v) is 10.1. The van der Waals surface area contributed by atoms with E-state index in [4.69, 9.17) is 24.7 Å². The first-order valence-corrected chi connectivity index (χ1v) is 16.2. The van der Waals surface area contributed by atoms with Crippen LogP contribution < -0.4 is 15.5 Å². The van der Waals surface area contributed by atoms with Gasteiger partial charge in [-0.3, -0.25) is 4.68 Å². The minimum Gasteiger partial charge on any atom is -0.870 e. The monoisotopic (exact) mass is 685 g/mol. The number of nitrogens with two attached hydrogens (primary N) is 1. The van der Waals surface area contributed by atoms with E-state index >= 15 is 0 Å². The van der Waals surface area contributed by atoms with Crippen molar-refractivity contribution in [1.82, 2.24) is 20.0 Å². The molecule has 276 valence electrons. The fourth-order valence-corrected chi connectivity index (χ4v) is 4.74. The molecule has 0 saturated heterocycles. The van der Waals surface area contributed by atoms with Crippen molar-refractivity contribution in [2.24, 2.45) is 10.4 Å². The van der Waals surface area contributed by atoms with Gasteiger partial charge >= 0.3 is 0 Å². The van der Waals surface area contributed by atoms with Gasteiger partial charge in [-0.2, -0.15) is 15.3 Å². The maximum absolute atomic E-state index is 10.9. The largest absolute Gasteiger partial charge is 0.870 e. The van der Waals surface area contributed by atoms with E-state index in [0.717, 1.165) is 84.9 Å². The number of ether oxygens (including phenoxy) is 4. The molecule has 0 amide bonds. The summed E-state index contributed by atoms with van der Waals surface area (Å²) < 4.78 is 24.6. The van der Waals surface area contributed by atoms with Crippen molar-refractivity contribution in [2.75, 3.05) is 59.6 Å². The van der Waals surface area contributed by atoms with Crippen LogP contribution in [0.15, 0.2) is 10.4 Å². The van der Waals surface area contributed by atoms with Gasteiger partial charge in [0.1, 0.15) is 18.0 Å². The van der Waals surface area contributed by atoms with Crippen molar-refractivity contribution in [3.05, 3.63) is 44.0 Å². The summed E-state index contributed by atoms with van der Waals surface area (Å²) in [7, 11) is 3.31. The van der Waals surface area contributed by atoms with Crippen molar-refractivity contribution in [2.45, 2.75) is 93.2 Å². The number of nitrogen functional groups attached to an aromatic ring is 1. The number of nitrogens with zero attached hydrogens (tertiary/aromatic N) is 5. The Morgan fingerprint density at radius 2 is 1.38 bits per heavy atom. The van der Waals surface area contributed by atoms with Gasteiger partial charge in [0.15, 0.2) is 6.54 Å². The van der Waals surface area contributed by atoms with Crippen LogP contribution in [0.2, 0.25) is 0 Å². The fraction of sp³-hybridized carbons (Fsp3) is 0.710. The first kappa shape index (κ1) is 46.5. The van der Waals surface area contributed by atoms with Crippen LogP contribution in [0.3, 0.4) is 0 Å². The molecule has 0 radical (unpaired) electrons. The van der Waals surface area contributed by atoms with Crippen LogP contribution in [0.4, 0.5) is 17.1 Å². The smallest absolute Gasteiger partial charge is 0.236 e. The minimum atomic E-state index is 0. The molecule has 0 saturated carbocycles. The predicted octanol–water partition coefficient (Wildman–Crippen LogP) is 3.74. The van der Waals surface area contributed by atoms with Crippen LogP contribution in [0.25, 0.3) is 0 Å². The first-order chi connectivity index (χ1) is 22.3. The lowest BCUT2D eigenvalue weighted by molar-refractivity contribution is -0.757. The van der Waals surface area contributed by atoms with Gasteiger partial charge in [0.25, 0.3) is 0 Å². The van der Waals surface area contributed by atoms with Crippen molar-refractivity contribution in [3.8, 4) is 0 Å². The predicted molar refractivity (Wildman–Crippen MR) is 181 cm³/mol. The molecule has 0 aliphatic rings. The SMILES string of the molecule is CCc1[nH][n+](CCOCCOC)c(CC)c1N=O.CCc1[nH][nH+]c(CC)c1N=O.CCc1nn(CCOCCOC)c(CC)c1N.[OH-].[OH-]. The topological polar surface area (TPSA) is 249 Å². The summed E-state index contributed by atoms with van der Waals surface area (Å²) in [6.45, 7) is 17.2. The molecule has 0 bridgehead atoms. The zero-order chi connectivity index (χ0) is 34.3. The highest BCUT2D eigenvalue weighted by atomic mass is 16.5. The average molecular weight is 686 g/mol. The van der Waals surface area contributed by atoms with E-state index in [1.807, 2.05) is 37.1 Å². The zero-order valence-electron chi connectivity index (χ0n) is 30.1. The summed E-state index contributed by atoms with van der Waals surface area (Å²) in [6.07, 6.45) is 4.92. The number of H-pyrrole nitrogens is 3. The fourth-order valence-electron chi connectivity index (χ4n) is 4.74. The van der Waals surface area contributed by atoms with Crippen molar-refractivity contribution in [3.63, 3.8) is 0 Å². The zero-order valence-corrected chi connectivity index (χ0v) is 30.1. The molecule has 3 heterocycles. The van der Waals surface area contributed by atoms with E-state index in [9.17, 15) is 9.81 Å². The van der Waals surface area contributed by atoms with Crippen molar-refractivity contribution < 1.29 is 39.7 Å². The van der Waals surface area contributed by atoms with Crippen LogP contribution in [0.5, 0.6) is 0 Å². The average Bonchev–Trinajstić information content (AvgIpc) is 3.76. The molecule has 3 aromatic heterocycles. The van der Waals surface area contributed by atoms with Crippen molar-refractivity contribution >= 4 is 17.1 Å². The van der Waals surface area contributed by atoms with E-state index < -0.39 is 0 Å². The van der Waals surface area contributed by atoms with Gasteiger partial charge < -0.3 is 35.6 Å². The lowest BCUT2D eigenvalue weighted by atomic mass is 10.2. The molecule has 0 fully saturated rings. The Balaban J connectivity index is 0. The molecule has 3 rings (SSSR count). The summed E-state index contributed by atoms with van der Waals surface area (Å²) in [6, 6.07) is 0. The van der Waals surface area contributed by atoms with Gasteiger partial charge in [0, 0.05) is 27.1 Å². The molecule has 0 unspecified atom stereocenters. The number of hydrogen-bond donors (Lipinski definition) is 3. The lowest BCUT2D eigenvalue weighted by Crippen LogP contribution is -2.41.